The number of carboxylic acid groups (broad SMARTS) is 4. The van der Waals surface area contributed by atoms with Crippen LogP contribution in [0.15, 0.2) is 60.7 Å². The van der Waals surface area contributed by atoms with Crippen molar-refractivity contribution < 1.29 is 77.9 Å². The average Bonchev–Trinajstić information content (AvgIpc) is 3.37. The number of benzene rings is 2. The quantitative estimate of drug-likeness (QED) is 0.0149. The van der Waals surface area contributed by atoms with Crippen LogP contribution in [-0.4, -0.2) is 146 Å². The number of hydrogen-bond acceptors (Lipinski definition) is 16. The molecular formula is C50H69N7O16S3. The Morgan fingerprint density at radius 2 is 1.24 bits per heavy atom. The summed E-state index contributed by atoms with van der Waals surface area (Å²) in [5, 5.41) is 52.9. The molecule has 12 N–H and O–H groups in total. The summed E-state index contributed by atoms with van der Waals surface area (Å²) in [6.45, 7) is 1.77. The molecule has 0 spiro atoms. The van der Waals surface area contributed by atoms with E-state index in [-0.39, 0.29) is 75.2 Å². The van der Waals surface area contributed by atoms with Crippen LogP contribution in [0.25, 0.3) is 0 Å². The summed E-state index contributed by atoms with van der Waals surface area (Å²) in [4.78, 5) is 137. The van der Waals surface area contributed by atoms with Gasteiger partial charge in [0, 0.05) is 62.6 Å². The number of unbranched alkanes of at least 4 members (excludes halogenated alkanes) is 3. The van der Waals surface area contributed by atoms with Crippen molar-refractivity contribution in [3.63, 3.8) is 0 Å². The molecule has 0 aliphatic carbocycles. The van der Waals surface area contributed by atoms with Gasteiger partial charge in [0.1, 0.15) is 12.1 Å². The number of thiocarbonyl (C=S) groups is 1. The van der Waals surface area contributed by atoms with Gasteiger partial charge in [-0.15, -0.1) is 0 Å². The number of carboxylic acids is 4. The summed E-state index contributed by atoms with van der Waals surface area (Å²) in [5.74, 6) is -10.2. The predicted octanol–water partition coefficient (Wildman–Crippen LogP) is 2.12. The SMILES string of the molecule is CCSSC[C@H](CC(=O)[C@H](CC(=O)O)NC(=O)[C@@H](N)CNC(=O)[C@@H](CC(=O)[C@H](Cc1ccccc1)NC(=O)CCCCCCNC(=O)CC[C@H](NC(=S)N[C@@H](CCC(=O)O)OC=O)C(=O)O)Cc1ccccc1)C(=O)O. The highest BCUT2D eigenvalue weighted by molar-refractivity contribution is 8.76. The molecule has 23 nitrogen and oxygen atoms in total. The van der Waals surface area contributed by atoms with Crippen molar-refractivity contribution in [1.29, 1.82) is 0 Å². The first-order valence-electron chi connectivity index (χ1n) is 24.5. The highest BCUT2D eigenvalue weighted by Crippen LogP contribution is 2.25. The minimum atomic E-state index is -1.59. The van der Waals surface area contributed by atoms with Gasteiger partial charge in [0.05, 0.1) is 30.8 Å². The maximum atomic E-state index is 14.2. The van der Waals surface area contributed by atoms with Crippen LogP contribution < -0.4 is 37.6 Å². The number of ketones is 2. The van der Waals surface area contributed by atoms with Gasteiger partial charge in [-0.1, -0.05) is 102 Å². The fourth-order valence-corrected chi connectivity index (χ4v) is 9.56. The van der Waals surface area contributed by atoms with E-state index in [1.165, 1.54) is 21.6 Å². The number of carbonyl (C=O) groups excluding carboxylic acids is 7. The van der Waals surface area contributed by atoms with Gasteiger partial charge < -0.3 is 62.8 Å². The van der Waals surface area contributed by atoms with Crippen LogP contribution in [0.4, 0.5) is 0 Å². The van der Waals surface area contributed by atoms with Crippen LogP contribution in [0.1, 0.15) is 95.1 Å². The molecule has 0 aliphatic rings. The first-order chi connectivity index (χ1) is 36.2. The number of ether oxygens (including phenoxy) is 1. The zero-order chi connectivity index (χ0) is 56.4. The summed E-state index contributed by atoms with van der Waals surface area (Å²) in [7, 11) is 2.65. The fourth-order valence-electron chi connectivity index (χ4n) is 7.32. The zero-order valence-corrected chi connectivity index (χ0v) is 44.6. The Bertz CT molecular complexity index is 2250. The number of carbonyl (C=O) groups is 11. The Balaban J connectivity index is 2.00. The molecule has 2 aromatic rings. The van der Waals surface area contributed by atoms with Gasteiger partial charge >= 0.3 is 23.9 Å². The van der Waals surface area contributed by atoms with Gasteiger partial charge in [-0.3, -0.25) is 47.9 Å². The summed E-state index contributed by atoms with van der Waals surface area (Å²) >= 11 is 5.07. The Hall–Kier alpha value is -6.64. The molecule has 7 atom stereocenters. The molecule has 0 bridgehead atoms. The lowest BCUT2D eigenvalue weighted by Gasteiger charge is -2.23. The third-order valence-corrected chi connectivity index (χ3v) is 14.2. The van der Waals surface area contributed by atoms with E-state index in [1.54, 1.807) is 60.7 Å². The second-order valence-electron chi connectivity index (χ2n) is 17.5. The molecule has 418 valence electrons. The summed E-state index contributed by atoms with van der Waals surface area (Å²) in [6, 6.07) is 12.4. The first kappa shape index (κ1) is 65.5. The van der Waals surface area contributed by atoms with Gasteiger partial charge in [0.15, 0.2) is 22.9 Å². The topological polar surface area (TPSA) is 376 Å². The number of aliphatic carboxylic acids is 4. The second kappa shape index (κ2) is 37.2. The van der Waals surface area contributed by atoms with Crippen molar-refractivity contribution >= 4 is 104 Å². The largest absolute Gasteiger partial charge is 0.481 e. The van der Waals surface area contributed by atoms with E-state index in [0.29, 0.717) is 37.0 Å². The van der Waals surface area contributed by atoms with Crippen molar-refractivity contribution in [3.05, 3.63) is 71.8 Å². The molecular weight excluding hydrogens is 1050 g/mol. The number of hydrogen-bond donors (Lipinski definition) is 11. The van der Waals surface area contributed by atoms with E-state index >= 15 is 0 Å². The monoisotopic (exact) mass is 1120 g/mol. The summed E-state index contributed by atoms with van der Waals surface area (Å²) < 4.78 is 4.75. The Labute approximate surface area is 453 Å². The third kappa shape index (κ3) is 28.3. The standard InChI is InChI=1S/C50H69N7O16S3/c1-2-75-76-29-34(48(69)70)26-40(60)38(27-45(65)66)55-47(68)35(51)28-53-46(67)33(23-31-13-7-5-8-14-31)25-39(59)37(24-32-15-9-6-10-16-32)54-42(62)17-11-3-4-12-22-52-41(61)19-18-36(49(71)72)56-50(74)57-43(73-30-58)20-21-44(63)64/h5-10,13-16,30,33-38,43H,2-4,11-12,17-29,51H2,1H3,(H,52,61)(H,53,67)(H,54,62)(H,55,68)(H,63,64)(H,65,66)(H,69,70)(H,71,72)(H2,56,57,74)/t33-,34+,35+,36+,37+,38+,43-/m1/s1. The van der Waals surface area contributed by atoms with E-state index in [2.05, 4.69) is 31.9 Å². The molecule has 0 unspecified atom stereocenters. The van der Waals surface area contributed by atoms with Gasteiger partial charge in [0.2, 0.25) is 23.6 Å². The van der Waals surface area contributed by atoms with E-state index in [1.807, 2.05) is 6.92 Å². The second-order valence-corrected chi connectivity index (χ2v) is 20.7. The molecule has 0 saturated heterocycles. The first-order valence-corrected chi connectivity index (χ1v) is 27.4. The van der Waals surface area contributed by atoms with Crippen molar-refractivity contribution in [2.24, 2.45) is 17.6 Å². The molecule has 0 radical (unpaired) electrons. The maximum Gasteiger partial charge on any atom is 0.326 e. The zero-order valence-electron chi connectivity index (χ0n) is 42.1. The van der Waals surface area contributed by atoms with Crippen molar-refractivity contribution in [2.45, 2.75) is 127 Å². The smallest absolute Gasteiger partial charge is 0.326 e. The Morgan fingerprint density at radius 1 is 0.618 bits per heavy atom. The van der Waals surface area contributed by atoms with Crippen molar-refractivity contribution in [1.82, 2.24) is 31.9 Å². The molecule has 0 aliphatic heterocycles. The molecule has 0 heterocycles. The number of nitrogens with two attached hydrogens (primary N) is 1. The van der Waals surface area contributed by atoms with Crippen LogP contribution >= 0.6 is 33.8 Å². The molecule has 2 rings (SSSR count). The highest BCUT2D eigenvalue weighted by Gasteiger charge is 2.32. The summed E-state index contributed by atoms with van der Waals surface area (Å²) in [6.07, 6.45) is -1.14. The van der Waals surface area contributed by atoms with Gasteiger partial charge in [-0.25, -0.2) is 4.79 Å². The van der Waals surface area contributed by atoms with Gasteiger partial charge in [-0.05, 0) is 55.4 Å². The predicted molar refractivity (Wildman–Crippen MR) is 285 cm³/mol. The van der Waals surface area contributed by atoms with E-state index < -0.39 is 121 Å². The minimum absolute atomic E-state index is 0.0664. The molecule has 0 aromatic heterocycles. The van der Waals surface area contributed by atoms with E-state index in [4.69, 9.17) is 27.8 Å². The summed E-state index contributed by atoms with van der Waals surface area (Å²) in [5.41, 5.74) is 7.57. The minimum Gasteiger partial charge on any atom is -0.481 e. The molecule has 0 saturated carbocycles. The van der Waals surface area contributed by atoms with Crippen LogP contribution in [0, 0.1) is 11.8 Å². The number of nitrogens with one attached hydrogen (secondary N) is 6. The average molecular weight is 1120 g/mol. The van der Waals surface area contributed by atoms with Gasteiger partial charge in [-0.2, -0.15) is 0 Å². The number of rotatable bonds is 41. The number of amides is 4. The lowest BCUT2D eigenvalue weighted by Crippen LogP contribution is -2.53. The highest BCUT2D eigenvalue weighted by atomic mass is 33.1. The van der Waals surface area contributed by atoms with E-state index in [9.17, 15) is 68.1 Å². The van der Waals surface area contributed by atoms with Crippen molar-refractivity contribution in [2.75, 3.05) is 24.6 Å². The number of Topliss-reactive ketones (excluding diaryl/α,β-unsaturated/α-hetero) is 2. The Kier molecular flexibility index (Phi) is 32.0. The van der Waals surface area contributed by atoms with Crippen LogP contribution in [0.3, 0.4) is 0 Å². The Morgan fingerprint density at radius 3 is 1.83 bits per heavy atom. The van der Waals surface area contributed by atoms with Gasteiger partial charge in [0.25, 0.3) is 6.47 Å². The molecule has 76 heavy (non-hydrogen) atoms. The molecule has 2 aromatic carbocycles. The lowest BCUT2D eigenvalue weighted by atomic mass is 9.89. The van der Waals surface area contributed by atoms with Crippen LogP contribution in [0.2, 0.25) is 0 Å². The third-order valence-electron chi connectivity index (χ3n) is 11.4. The van der Waals surface area contributed by atoms with Crippen molar-refractivity contribution in [3.8, 4) is 0 Å². The normalized spacial score (nSPS) is 13.6. The molecule has 4 amide bonds. The van der Waals surface area contributed by atoms with Crippen LogP contribution in [-0.2, 0) is 70.3 Å². The van der Waals surface area contributed by atoms with Crippen LogP contribution in [0.5, 0.6) is 0 Å². The lowest BCUT2D eigenvalue weighted by molar-refractivity contribution is -0.144. The molecule has 0 fully saturated rings. The fraction of sp³-hybridized carbons (Fsp3) is 0.520. The van der Waals surface area contributed by atoms with E-state index in [0.717, 1.165) is 5.56 Å². The maximum absolute atomic E-state index is 14.2. The molecule has 26 heteroatoms.